The van der Waals surface area contributed by atoms with E-state index in [2.05, 4.69) is 5.32 Å². The van der Waals surface area contributed by atoms with E-state index < -0.39 is 29.7 Å². The normalized spacial score (nSPS) is 16.9. The lowest BCUT2D eigenvalue weighted by molar-refractivity contribution is -0.119. The van der Waals surface area contributed by atoms with Gasteiger partial charge in [0.15, 0.2) is 0 Å². The van der Waals surface area contributed by atoms with Crippen molar-refractivity contribution in [3.63, 3.8) is 0 Å². The van der Waals surface area contributed by atoms with Crippen LogP contribution in [0.2, 0.25) is 0 Å². The van der Waals surface area contributed by atoms with Gasteiger partial charge in [-0.05, 0) is 17.7 Å². The number of nitrogens with two attached hydrogens (primary N) is 2. The van der Waals surface area contributed by atoms with Crippen LogP contribution in [0.15, 0.2) is 42.5 Å². The number of nitrogens with one attached hydrogen (secondary N) is 1. The summed E-state index contributed by atoms with van der Waals surface area (Å²) < 4.78 is 19.5. The maximum atomic E-state index is 13.9. The molecule has 0 saturated heterocycles. The van der Waals surface area contributed by atoms with Crippen LogP contribution >= 0.6 is 0 Å². The molecule has 2 amide bonds. The van der Waals surface area contributed by atoms with Crippen molar-refractivity contribution in [1.82, 2.24) is 5.32 Å². The fourth-order valence-corrected chi connectivity index (χ4v) is 2.97. The van der Waals surface area contributed by atoms with Crippen molar-refractivity contribution in [2.45, 2.75) is 24.9 Å². The third-order valence-corrected chi connectivity index (χ3v) is 4.33. The number of hydrogen-bond donors (Lipinski definition) is 3. The molecule has 2 unspecified atom stereocenters. The summed E-state index contributed by atoms with van der Waals surface area (Å²) in [6.07, 6.45) is 0.773. The number of halogens is 1. The van der Waals surface area contributed by atoms with Gasteiger partial charge in [-0.15, -0.1) is 0 Å². The van der Waals surface area contributed by atoms with E-state index in [-0.39, 0.29) is 17.7 Å². The average molecular weight is 357 g/mol. The number of carbonyl (C=O) groups is 2. The Morgan fingerprint density at radius 1 is 1.27 bits per heavy atom. The smallest absolute Gasteiger partial charge is 0.255 e. The van der Waals surface area contributed by atoms with Gasteiger partial charge in [-0.25, -0.2) is 4.39 Å². The minimum Gasteiger partial charge on any atom is -0.492 e. The Kier molecular flexibility index (Phi) is 5.18. The molecule has 0 fully saturated rings. The molecule has 1 aliphatic rings. The fraction of sp³-hybridized carbons (Fsp3) is 0.263. The Morgan fingerprint density at radius 3 is 2.69 bits per heavy atom. The van der Waals surface area contributed by atoms with Crippen LogP contribution in [-0.2, 0) is 11.2 Å². The van der Waals surface area contributed by atoms with Crippen molar-refractivity contribution in [1.29, 1.82) is 0 Å². The molecule has 0 bridgehead atoms. The Bertz CT molecular complexity index is 826. The summed E-state index contributed by atoms with van der Waals surface area (Å²) in [4.78, 5) is 24.4. The second kappa shape index (κ2) is 7.53. The predicted molar refractivity (Wildman–Crippen MR) is 94.0 cm³/mol. The Balaban J connectivity index is 1.85. The summed E-state index contributed by atoms with van der Waals surface area (Å²) in [7, 11) is 0. The molecule has 2 aromatic rings. The molecular formula is C19H20FN3O3. The zero-order chi connectivity index (χ0) is 18.7. The quantitative estimate of drug-likeness (QED) is 0.752. The maximum Gasteiger partial charge on any atom is 0.255 e. The van der Waals surface area contributed by atoms with Crippen LogP contribution in [0.3, 0.4) is 0 Å². The fourth-order valence-electron chi connectivity index (χ4n) is 2.97. The van der Waals surface area contributed by atoms with Gasteiger partial charge in [0, 0.05) is 24.4 Å². The zero-order valence-corrected chi connectivity index (χ0v) is 14.1. The van der Waals surface area contributed by atoms with E-state index in [1.807, 2.05) is 30.3 Å². The summed E-state index contributed by atoms with van der Waals surface area (Å²) in [5, 5.41) is 2.57. The number of amides is 2. The summed E-state index contributed by atoms with van der Waals surface area (Å²) in [5.41, 5.74) is 12.7. The Labute approximate surface area is 150 Å². The minimum atomic E-state index is -0.930. The van der Waals surface area contributed by atoms with Crippen molar-refractivity contribution >= 4 is 11.8 Å². The van der Waals surface area contributed by atoms with Gasteiger partial charge in [-0.3, -0.25) is 9.59 Å². The standard InChI is InChI=1S/C19H20FN3O3/c20-12-9-13-15(21)6-7-26-17(13)14(10-12)19(25)23-16(18(22)24)8-11-4-2-1-3-5-11/h1-5,9-10,15-16H,6-8,21H2,(H2,22,24)(H,23,25). The van der Waals surface area contributed by atoms with E-state index in [4.69, 9.17) is 16.2 Å². The Hall–Kier alpha value is -2.93. The SMILES string of the molecule is NC(=O)C(Cc1ccccc1)NC(=O)c1cc(F)cc2c1OCCC2N. The molecule has 0 spiro atoms. The summed E-state index contributed by atoms with van der Waals surface area (Å²) in [5.74, 6) is -1.64. The van der Waals surface area contributed by atoms with E-state index >= 15 is 0 Å². The molecular weight excluding hydrogens is 337 g/mol. The average Bonchev–Trinajstić information content (AvgIpc) is 2.62. The van der Waals surface area contributed by atoms with Gasteiger partial charge in [0.25, 0.3) is 5.91 Å². The van der Waals surface area contributed by atoms with Crippen molar-refractivity contribution in [2.75, 3.05) is 6.61 Å². The monoisotopic (exact) mass is 357 g/mol. The molecule has 0 aromatic heterocycles. The van der Waals surface area contributed by atoms with Crippen LogP contribution in [0.4, 0.5) is 4.39 Å². The second-order valence-corrected chi connectivity index (χ2v) is 6.23. The minimum absolute atomic E-state index is 0.00876. The number of carbonyl (C=O) groups excluding carboxylic acids is 2. The van der Waals surface area contributed by atoms with Crippen LogP contribution in [0.1, 0.15) is 33.9 Å². The van der Waals surface area contributed by atoms with Crippen LogP contribution in [-0.4, -0.2) is 24.5 Å². The van der Waals surface area contributed by atoms with Gasteiger partial charge in [-0.2, -0.15) is 0 Å². The molecule has 1 heterocycles. The number of fused-ring (bicyclic) bond motifs is 1. The van der Waals surface area contributed by atoms with Crippen molar-refractivity contribution in [3.05, 3.63) is 65.0 Å². The van der Waals surface area contributed by atoms with Gasteiger partial charge < -0.3 is 21.5 Å². The van der Waals surface area contributed by atoms with Crippen LogP contribution in [0.25, 0.3) is 0 Å². The molecule has 0 radical (unpaired) electrons. The highest BCUT2D eigenvalue weighted by Crippen LogP contribution is 2.34. The van der Waals surface area contributed by atoms with Crippen LogP contribution in [0, 0.1) is 5.82 Å². The second-order valence-electron chi connectivity index (χ2n) is 6.23. The third kappa shape index (κ3) is 3.83. The van der Waals surface area contributed by atoms with Gasteiger partial charge in [0.1, 0.15) is 17.6 Å². The van der Waals surface area contributed by atoms with Gasteiger partial charge in [-0.1, -0.05) is 30.3 Å². The van der Waals surface area contributed by atoms with Crippen molar-refractivity contribution in [2.24, 2.45) is 11.5 Å². The molecule has 0 saturated carbocycles. The van der Waals surface area contributed by atoms with Crippen LogP contribution in [0.5, 0.6) is 5.75 Å². The molecule has 6 nitrogen and oxygen atoms in total. The molecule has 7 heteroatoms. The lowest BCUT2D eigenvalue weighted by Crippen LogP contribution is -2.46. The number of primary amides is 1. The zero-order valence-electron chi connectivity index (χ0n) is 14.1. The van der Waals surface area contributed by atoms with Crippen molar-refractivity contribution < 1.29 is 18.7 Å². The van der Waals surface area contributed by atoms with Crippen molar-refractivity contribution in [3.8, 4) is 5.75 Å². The Morgan fingerprint density at radius 2 is 2.00 bits per heavy atom. The summed E-state index contributed by atoms with van der Waals surface area (Å²) in [6.45, 7) is 0.337. The highest BCUT2D eigenvalue weighted by atomic mass is 19.1. The van der Waals surface area contributed by atoms with Crippen LogP contribution < -0.4 is 21.5 Å². The number of hydrogen-bond acceptors (Lipinski definition) is 4. The molecule has 2 aromatic carbocycles. The number of benzene rings is 2. The first-order valence-electron chi connectivity index (χ1n) is 8.31. The number of ether oxygens (including phenoxy) is 1. The maximum absolute atomic E-state index is 13.9. The molecule has 3 rings (SSSR count). The molecule has 5 N–H and O–H groups in total. The van der Waals surface area contributed by atoms with Gasteiger partial charge in [0.05, 0.1) is 12.2 Å². The lowest BCUT2D eigenvalue weighted by Gasteiger charge is -2.25. The largest absolute Gasteiger partial charge is 0.492 e. The third-order valence-electron chi connectivity index (χ3n) is 4.33. The van der Waals surface area contributed by atoms with E-state index in [0.29, 0.717) is 18.6 Å². The summed E-state index contributed by atoms with van der Waals surface area (Å²) >= 11 is 0. The predicted octanol–water partition coefficient (Wildman–Crippen LogP) is 1.43. The van der Waals surface area contributed by atoms with E-state index in [0.717, 1.165) is 11.6 Å². The van der Waals surface area contributed by atoms with E-state index in [9.17, 15) is 14.0 Å². The summed E-state index contributed by atoms with van der Waals surface area (Å²) in [6, 6.07) is 10.2. The molecule has 136 valence electrons. The van der Waals surface area contributed by atoms with E-state index in [1.165, 1.54) is 6.07 Å². The van der Waals surface area contributed by atoms with Gasteiger partial charge in [0.2, 0.25) is 5.91 Å². The topological polar surface area (TPSA) is 107 Å². The lowest BCUT2D eigenvalue weighted by atomic mass is 9.97. The molecule has 2 atom stereocenters. The molecule has 26 heavy (non-hydrogen) atoms. The molecule has 1 aliphatic heterocycles. The first kappa shape index (κ1) is 17.9. The first-order chi connectivity index (χ1) is 12.5. The number of rotatable bonds is 5. The van der Waals surface area contributed by atoms with Gasteiger partial charge >= 0.3 is 0 Å². The highest BCUT2D eigenvalue weighted by Gasteiger charge is 2.27. The highest BCUT2D eigenvalue weighted by molar-refractivity contribution is 6.00. The first-order valence-corrected chi connectivity index (χ1v) is 8.31. The van der Waals surface area contributed by atoms with E-state index in [1.54, 1.807) is 0 Å². The molecule has 0 aliphatic carbocycles.